The fourth-order valence-corrected chi connectivity index (χ4v) is 2.40. The van der Waals surface area contributed by atoms with Gasteiger partial charge in [0.2, 0.25) is 0 Å². The molecule has 0 spiro atoms. The van der Waals surface area contributed by atoms with Crippen molar-refractivity contribution in [1.82, 2.24) is 5.32 Å². The standard InChI is InChI=1S/C14H20N/c1-12(14-7-9-15-10-8-14)11-13-5-3-2-4-6-13/h2-6,12,14-15H,1,7-11H2. The Hall–Kier alpha value is -0.820. The average Bonchev–Trinajstić information content (AvgIpc) is 2.31. The molecule has 1 atom stereocenters. The van der Waals surface area contributed by atoms with Crippen LogP contribution in [0.2, 0.25) is 0 Å². The predicted octanol–water partition coefficient (Wildman–Crippen LogP) is 2.68. The van der Waals surface area contributed by atoms with Crippen molar-refractivity contribution in [3.8, 4) is 0 Å². The highest BCUT2D eigenvalue weighted by Gasteiger charge is 2.19. The van der Waals surface area contributed by atoms with E-state index < -0.39 is 0 Å². The molecule has 0 saturated carbocycles. The third kappa shape index (κ3) is 3.07. The minimum Gasteiger partial charge on any atom is -0.317 e. The summed E-state index contributed by atoms with van der Waals surface area (Å²) in [5, 5.41) is 3.41. The average molecular weight is 202 g/mol. The molecule has 0 aliphatic carbocycles. The van der Waals surface area contributed by atoms with E-state index in [9.17, 15) is 0 Å². The summed E-state index contributed by atoms with van der Waals surface area (Å²) in [4.78, 5) is 0. The summed E-state index contributed by atoms with van der Waals surface area (Å²) in [5.41, 5.74) is 1.43. The van der Waals surface area contributed by atoms with E-state index in [1.54, 1.807) is 0 Å². The van der Waals surface area contributed by atoms with Gasteiger partial charge in [-0.15, -0.1) is 0 Å². The zero-order valence-electron chi connectivity index (χ0n) is 9.28. The maximum Gasteiger partial charge on any atom is -0.00462 e. The number of hydrogen-bond acceptors (Lipinski definition) is 1. The number of rotatable bonds is 3. The number of nitrogens with one attached hydrogen (secondary N) is 1. The topological polar surface area (TPSA) is 12.0 Å². The third-order valence-electron chi connectivity index (χ3n) is 3.39. The lowest BCUT2D eigenvalue weighted by Gasteiger charge is -2.28. The maximum absolute atomic E-state index is 4.33. The molecule has 1 aliphatic rings. The molecular formula is C14H20N. The van der Waals surface area contributed by atoms with Crippen molar-refractivity contribution in [2.24, 2.45) is 11.8 Å². The summed E-state index contributed by atoms with van der Waals surface area (Å²) >= 11 is 0. The van der Waals surface area contributed by atoms with Gasteiger partial charge < -0.3 is 5.32 Å². The largest absolute Gasteiger partial charge is 0.317 e. The van der Waals surface area contributed by atoms with Crippen molar-refractivity contribution < 1.29 is 0 Å². The summed E-state index contributed by atoms with van der Waals surface area (Å²) in [6.45, 7) is 6.67. The zero-order valence-corrected chi connectivity index (χ0v) is 9.28. The highest BCUT2D eigenvalue weighted by Crippen LogP contribution is 2.24. The summed E-state index contributed by atoms with van der Waals surface area (Å²) in [6.07, 6.45) is 3.72. The molecule has 1 fully saturated rings. The smallest absolute Gasteiger partial charge is 0.00462 e. The lowest BCUT2D eigenvalue weighted by molar-refractivity contribution is 0.295. The van der Waals surface area contributed by atoms with E-state index in [4.69, 9.17) is 0 Å². The van der Waals surface area contributed by atoms with Gasteiger partial charge in [-0.05, 0) is 56.7 Å². The molecule has 0 bridgehead atoms. The van der Waals surface area contributed by atoms with Crippen molar-refractivity contribution in [2.75, 3.05) is 13.1 Å². The molecule has 2 rings (SSSR count). The summed E-state index contributed by atoms with van der Waals surface area (Å²) in [5.74, 6) is 1.39. The molecule has 1 aromatic rings. The zero-order chi connectivity index (χ0) is 10.5. The minimum atomic E-state index is 0.578. The highest BCUT2D eigenvalue weighted by molar-refractivity contribution is 5.15. The Kier molecular flexibility index (Phi) is 3.79. The molecule has 1 unspecified atom stereocenters. The van der Waals surface area contributed by atoms with Crippen molar-refractivity contribution in [2.45, 2.75) is 19.3 Å². The summed E-state index contributed by atoms with van der Waals surface area (Å²) < 4.78 is 0. The van der Waals surface area contributed by atoms with Gasteiger partial charge in [0.05, 0.1) is 0 Å². The molecule has 1 aliphatic heterocycles. The van der Waals surface area contributed by atoms with E-state index in [-0.39, 0.29) is 0 Å². The second-order valence-corrected chi connectivity index (χ2v) is 4.54. The fourth-order valence-electron chi connectivity index (χ4n) is 2.40. The highest BCUT2D eigenvalue weighted by atomic mass is 14.9. The van der Waals surface area contributed by atoms with Crippen molar-refractivity contribution in [3.05, 3.63) is 42.8 Å². The van der Waals surface area contributed by atoms with Gasteiger partial charge in [-0.25, -0.2) is 0 Å². The van der Waals surface area contributed by atoms with Gasteiger partial charge in [-0.2, -0.15) is 0 Å². The first-order valence-electron chi connectivity index (χ1n) is 5.94. The molecule has 81 valence electrons. The van der Waals surface area contributed by atoms with Gasteiger partial charge in [-0.3, -0.25) is 0 Å². The molecule has 1 heterocycles. The molecular weight excluding hydrogens is 182 g/mol. The molecule has 0 amide bonds. The van der Waals surface area contributed by atoms with Crippen LogP contribution in [0, 0.1) is 18.8 Å². The fraction of sp³-hybridized carbons (Fsp3) is 0.500. The van der Waals surface area contributed by atoms with Crippen LogP contribution < -0.4 is 5.32 Å². The molecule has 1 N–H and O–H groups in total. The van der Waals surface area contributed by atoms with E-state index >= 15 is 0 Å². The number of benzene rings is 1. The van der Waals surface area contributed by atoms with Crippen LogP contribution >= 0.6 is 0 Å². The Balaban J connectivity index is 1.88. The van der Waals surface area contributed by atoms with Crippen LogP contribution in [-0.2, 0) is 6.42 Å². The molecule has 15 heavy (non-hydrogen) atoms. The normalized spacial score (nSPS) is 20.1. The van der Waals surface area contributed by atoms with Gasteiger partial charge in [-0.1, -0.05) is 30.3 Å². The van der Waals surface area contributed by atoms with Gasteiger partial charge in [0.25, 0.3) is 0 Å². The second-order valence-electron chi connectivity index (χ2n) is 4.54. The lowest BCUT2D eigenvalue weighted by atomic mass is 9.82. The van der Waals surface area contributed by atoms with E-state index in [0.29, 0.717) is 5.92 Å². The van der Waals surface area contributed by atoms with Gasteiger partial charge >= 0.3 is 0 Å². The lowest BCUT2D eigenvalue weighted by Crippen LogP contribution is -2.31. The van der Waals surface area contributed by atoms with Crippen LogP contribution in [0.25, 0.3) is 0 Å². The Labute approximate surface area is 92.9 Å². The van der Waals surface area contributed by atoms with E-state index in [2.05, 4.69) is 42.6 Å². The third-order valence-corrected chi connectivity index (χ3v) is 3.39. The van der Waals surface area contributed by atoms with Crippen LogP contribution in [-0.4, -0.2) is 13.1 Å². The van der Waals surface area contributed by atoms with Gasteiger partial charge in [0, 0.05) is 0 Å². The number of piperidine rings is 1. The van der Waals surface area contributed by atoms with Crippen molar-refractivity contribution in [3.63, 3.8) is 0 Å². The summed E-state index contributed by atoms with van der Waals surface area (Å²) in [6, 6.07) is 10.7. The Morgan fingerprint density at radius 2 is 1.87 bits per heavy atom. The molecule has 1 nitrogen and oxygen atoms in total. The van der Waals surface area contributed by atoms with Crippen molar-refractivity contribution >= 4 is 0 Å². The molecule has 1 aromatic carbocycles. The summed E-state index contributed by atoms with van der Waals surface area (Å²) in [7, 11) is 0. The Morgan fingerprint density at radius 1 is 1.20 bits per heavy atom. The van der Waals surface area contributed by atoms with E-state index in [1.165, 1.54) is 31.5 Å². The Bertz CT molecular complexity index is 275. The predicted molar refractivity (Wildman–Crippen MR) is 64.6 cm³/mol. The minimum absolute atomic E-state index is 0.578. The first-order valence-corrected chi connectivity index (χ1v) is 5.94. The van der Waals surface area contributed by atoms with Crippen LogP contribution in [0.5, 0.6) is 0 Å². The van der Waals surface area contributed by atoms with Gasteiger partial charge in [0.15, 0.2) is 0 Å². The molecule has 1 heteroatoms. The SMILES string of the molecule is [CH2]C(Cc1ccccc1)C1CCNCC1. The van der Waals surface area contributed by atoms with E-state index in [1.807, 2.05) is 0 Å². The number of hydrogen-bond donors (Lipinski definition) is 1. The Morgan fingerprint density at radius 3 is 2.53 bits per heavy atom. The van der Waals surface area contributed by atoms with Crippen LogP contribution in [0.15, 0.2) is 30.3 Å². The first kappa shape index (κ1) is 10.7. The molecule has 1 radical (unpaired) electrons. The maximum atomic E-state index is 4.33. The quantitative estimate of drug-likeness (QED) is 0.794. The van der Waals surface area contributed by atoms with Crippen LogP contribution in [0.4, 0.5) is 0 Å². The van der Waals surface area contributed by atoms with Gasteiger partial charge in [0.1, 0.15) is 0 Å². The van der Waals surface area contributed by atoms with Crippen LogP contribution in [0.1, 0.15) is 18.4 Å². The second kappa shape index (κ2) is 5.32. The monoisotopic (exact) mass is 202 g/mol. The molecule has 1 saturated heterocycles. The van der Waals surface area contributed by atoms with E-state index in [0.717, 1.165) is 12.3 Å². The van der Waals surface area contributed by atoms with Crippen LogP contribution in [0.3, 0.4) is 0 Å². The first-order chi connectivity index (χ1) is 7.36. The van der Waals surface area contributed by atoms with Crippen molar-refractivity contribution in [1.29, 1.82) is 0 Å². The molecule has 0 aromatic heterocycles.